The average Bonchev–Trinajstić information content (AvgIpc) is 2.37. The minimum atomic E-state index is -3.81. The molecule has 0 rings (SSSR count). The molecule has 0 aliphatic rings. The summed E-state index contributed by atoms with van der Waals surface area (Å²) in [6, 6.07) is -2.11. The van der Waals surface area contributed by atoms with Gasteiger partial charge in [-0.15, -0.1) is 0 Å². The van der Waals surface area contributed by atoms with Crippen molar-refractivity contribution < 1.29 is 33.6 Å². The smallest absolute Gasteiger partial charge is 0.342 e. The van der Waals surface area contributed by atoms with Crippen LogP contribution in [0.4, 0.5) is 0 Å². The van der Waals surface area contributed by atoms with Gasteiger partial charge in [-0.25, -0.2) is 10.2 Å². The van der Waals surface area contributed by atoms with E-state index in [1.54, 1.807) is 13.8 Å². The van der Waals surface area contributed by atoms with Crippen LogP contribution in [0, 0.1) is 0 Å². The first-order valence-electron chi connectivity index (χ1n) is 6.95. The molecule has 0 aromatic rings. The second kappa shape index (κ2) is 9.91. The van der Waals surface area contributed by atoms with E-state index in [-0.39, 0.29) is 25.7 Å². The highest BCUT2D eigenvalue weighted by molar-refractivity contribution is 7.54. The van der Waals surface area contributed by atoms with Crippen LogP contribution in [0.1, 0.15) is 34.1 Å². The average molecular weight is 340 g/mol. The first kappa shape index (κ1) is 21.0. The van der Waals surface area contributed by atoms with Crippen molar-refractivity contribution >= 4 is 19.6 Å². The number of ether oxygens (including phenoxy) is 1. The minimum absolute atomic E-state index is 0.0634. The predicted octanol–water partition coefficient (Wildman–Crippen LogP) is 0.486. The number of nitrogens with one attached hydrogen (secondary N) is 2. The molecule has 1 unspecified atom stereocenters. The number of esters is 1. The van der Waals surface area contributed by atoms with E-state index < -0.39 is 31.7 Å². The summed E-state index contributed by atoms with van der Waals surface area (Å²) in [5, 5.41) is 22.4. The molecule has 0 aromatic heterocycles. The highest BCUT2D eigenvalue weighted by Gasteiger charge is 2.32. The predicted molar refractivity (Wildman–Crippen MR) is 79.3 cm³/mol. The Morgan fingerprint density at radius 3 is 2.14 bits per heavy atom. The molecular weight excluding hydrogens is 315 g/mol. The van der Waals surface area contributed by atoms with Crippen molar-refractivity contribution in [3.8, 4) is 0 Å². The topological polar surface area (TPSA) is 134 Å². The summed E-state index contributed by atoms with van der Waals surface area (Å²) < 4.78 is 22.7. The number of hydrogen-bond acceptors (Lipinski definition) is 6. The zero-order valence-electron chi connectivity index (χ0n) is 13.2. The maximum atomic E-state index is 12.6. The van der Waals surface area contributed by atoms with Crippen LogP contribution < -0.4 is 10.2 Å². The number of hydrogen-bond donors (Lipinski definition) is 4. The van der Waals surface area contributed by atoms with Gasteiger partial charge in [0.2, 0.25) is 0 Å². The third kappa shape index (κ3) is 8.45. The lowest BCUT2D eigenvalue weighted by atomic mass is 10.4. The molecule has 0 bridgehead atoms. The SMILES string of the molecule is CC(C)OC(=O)[C@H](C)NP(=O)(N[C@@H](C)C(=O)O)OCCCO. The lowest BCUT2D eigenvalue weighted by molar-refractivity contribution is -0.149. The lowest BCUT2D eigenvalue weighted by Crippen LogP contribution is -2.42. The van der Waals surface area contributed by atoms with E-state index in [1.807, 2.05) is 0 Å². The molecule has 9 nitrogen and oxygen atoms in total. The van der Waals surface area contributed by atoms with Crippen molar-refractivity contribution in [1.82, 2.24) is 10.2 Å². The van der Waals surface area contributed by atoms with Crippen molar-refractivity contribution in [2.45, 2.75) is 52.3 Å². The molecule has 130 valence electrons. The molecule has 0 saturated carbocycles. The van der Waals surface area contributed by atoms with E-state index in [0.29, 0.717) is 0 Å². The summed E-state index contributed by atoms with van der Waals surface area (Å²) in [4.78, 5) is 22.6. The molecule has 0 spiro atoms. The van der Waals surface area contributed by atoms with E-state index in [1.165, 1.54) is 13.8 Å². The number of carboxylic acids is 1. The lowest BCUT2D eigenvalue weighted by Gasteiger charge is -2.25. The van der Waals surface area contributed by atoms with Crippen LogP contribution in [0.3, 0.4) is 0 Å². The van der Waals surface area contributed by atoms with E-state index in [2.05, 4.69) is 10.2 Å². The molecule has 0 aliphatic carbocycles. The summed E-state index contributed by atoms with van der Waals surface area (Å²) in [5.41, 5.74) is 0. The van der Waals surface area contributed by atoms with Crippen LogP contribution in [0.15, 0.2) is 0 Å². The van der Waals surface area contributed by atoms with Gasteiger partial charge in [0, 0.05) is 6.61 Å². The molecule has 0 aromatic carbocycles. The number of rotatable bonds is 11. The number of aliphatic hydroxyl groups is 1. The Morgan fingerprint density at radius 2 is 1.68 bits per heavy atom. The zero-order valence-corrected chi connectivity index (χ0v) is 14.1. The highest BCUT2D eigenvalue weighted by Crippen LogP contribution is 2.39. The second-order valence-corrected chi connectivity index (χ2v) is 6.86. The van der Waals surface area contributed by atoms with Crippen molar-refractivity contribution in [2.24, 2.45) is 0 Å². The van der Waals surface area contributed by atoms with Gasteiger partial charge in [0.15, 0.2) is 0 Å². The summed E-state index contributed by atoms with van der Waals surface area (Å²) in [6.45, 7) is 5.84. The number of carbonyl (C=O) groups is 2. The molecule has 3 atom stereocenters. The van der Waals surface area contributed by atoms with Gasteiger partial charge in [0.1, 0.15) is 12.1 Å². The molecule has 4 N–H and O–H groups in total. The van der Waals surface area contributed by atoms with Crippen molar-refractivity contribution in [3.63, 3.8) is 0 Å². The van der Waals surface area contributed by atoms with E-state index in [0.717, 1.165) is 0 Å². The van der Waals surface area contributed by atoms with Crippen LogP contribution in [-0.4, -0.2) is 53.6 Å². The zero-order chi connectivity index (χ0) is 17.3. The third-order valence-corrected chi connectivity index (χ3v) is 4.38. The molecule has 0 radical (unpaired) electrons. The fourth-order valence-electron chi connectivity index (χ4n) is 1.32. The molecule has 0 fully saturated rings. The van der Waals surface area contributed by atoms with Gasteiger partial charge in [0.25, 0.3) is 0 Å². The second-order valence-electron chi connectivity index (χ2n) is 4.99. The van der Waals surface area contributed by atoms with E-state index >= 15 is 0 Å². The Bertz CT molecular complexity index is 416. The molecule has 10 heteroatoms. The van der Waals surface area contributed by atoms with Crippen LogP contribution in [0.2, 0.25) is 0 Å². The van der Waals surface area contributed by atoms with E-state index in [9.17, 15) is 14.2 Å². The Morgan fingerprint density at radius 1 is 1.14 bits per heavy atom. The third-order valence-electron chi connectivity index (χ3n) is 2.38. The van der Waals surface area contributed by atoms with E-state index in [4.69, 9.17) is 19.5 Å². The number of aliphatic hydroxyl groups excluding tert-OH is 1. The maximum absolute atomic E-state index is 12.6. The van der Waals surface area contributed by atoms with Gasteiger partial charge >= 0.3 is 19.6 Å². The summed E-state index contributed by atoms with van der Waals surface area (Å²) >= 11 is 0. The molecule has 0 amide bonds. The highest BCUT2D eigenvalue weighted by atomic mass is 31.2. The molecule has 0 heterocycles. The molecule has 0 aliphatic heterocycles. The molecular formula is C12H25N2O7P. The van der Waals surface area contributed by atoms with Gasteiger partial charge in [0.05, 0.1) is 12.7 Å². The van der Waals surface area contributed by atoms with Crippen LogP contribution in [0.25, 0.3) is 0 Å². The fourth-order valence-corrected chi connectivity index (χ4v) is 3.17. The first-order chi connectivity index (χ1) is 10.1. The summed E-state index contributed by atoms with van der Waals surface area (Å²) in [5.74, 6) is -1.85. The molecule has 22 heavy (non-hydrogen) atoms. The number of carboxylic acid groups (broad SMARTS) is 1. The van der Waals surface area contributed by atoms with Gasteiger partial charge in [-0.3, -0.25) is 14.2 Å². The van der Waals surface area contributed by atoms with Crippen molar-refractivity contribution in [2.75, 3.05) is 13.2 Å². The Balaban J connectivity index is 4.87. The first-order valence-corrected chi connectivity index (χ1v) is 8.58. The van der Waals surface area contributed by atoms with Gasteiger partial charge < -0.3 is 19.5 Å². The fraction of sp³-hybridized carbons (Fsp3) is 0.833. The Kier molecular flexibility index (Phi) is 9.47. The monoisotopic (exact) mass is 340 g/mol. The molecule has 0 saturated heterocycles. The standard InChI is InChI=1S/C12H25N2O7P/c1-8(2)21-12(18)10(4)14-22(19,20-7-5-6-15)13-9(3)11(16)17/h8-10,15H,5-7H2,1-4H3,(H,16,17)(H2,13,14,19)/t9-,10-,22?/m0/s1. The maximum Gasteiger partial charge on any atom is 0.342 e. The summed E-state index contributed by atoms with van der Waals surface area (Å²) in [7, 11) is -3.81. The Hall–Kier alpha value is -0.990. The largest absolute Gasteiger partial charge is 0.480 e. The van der Waals surface area contributed by atoms with Gasteiger partial charge in [-0.2, -0.15) is 0 Å². The Labute approximate surface area is 129 Å². The summed E-state index contributed by atoms with van der Waals surface area (Å²) in [6.07, 6.45) is -0.114. The van der Waals surface area contributed by atoms with Crippen LogP contribution in [0.5, 0.6) is 0 Å². The normalized spacial score (nSPS) is 16.8. The van der Waals surface area contributed by atoms with Crippen LogP contribution in [-0.2, 0) is 23.4 Å². The number of carbonyl (C=O) groups excluding carboxylic acids is 1. The van der Waals surface area contributed by atoms with Crippen molar-refractivity contribution in [3.05, 3.63) is 0 Å². The van der Waals surface area contributed by atoms with Gasteiger partial charge in [-0.1, -0.05) is 0 Å². The van der Waals surface area contributed by atoms with Gasteiger partial charge in [-0.05, 0) is 34.1 Å². The number of aliphatic carboxylic acids is 1. The van der Waals surface area contributed by atoms with Crippen LogP contribution >= 0.6 is 7.67 Å². The quantitative estimate of drug-likeness (QED) is 0.241. The van der Waals surface area contributed by atoms with Crippen molar-refractivity contribution in [1.29, 1.82) is 0 Å². The minimum Gasteiger partial charge on any atom is -0.480 e.